The van der Waals surface area contributed by atoms with Gasteiger partial charge in [0.05, 0.1) is 0 Å². The van der Waals surface area contributed by atoms with Crippen LogP contribution in [0.2, 0.25) is 0 Å². The molecular weight excluding hydrogens is 695 g/mol. The standard InChI is InChI=1S/2C21H18N.2ClH.Zr/c2*1-2-8-16-14-17(13-15(16)7-1)22-20-11-5-3-9-18(20)19-10-4-6-12-21(19)22;;;/h2*1-3,5,7-9,11,13-14H,4,6,10,12H2;2*1H;/q;;;;+2/p-2. The molecule has 0 saturated carbocycles. The molecule has 0 bridgehead atoms. The van der Waals surface area contributed by atoms with Crippen molar-refractivity contribution in [2.45, 2.75) is 58.6 Å². The minimum Gasteiger partial charge on any atom is -1.00 e. The molecular formula is C42H36Cl2N2Zr. The monoisotopic (exact) mass is 728 g/mol. The first-order valence-corrected chi connectivity index (χ1v) is 19.8. The van der Waals surface area contributed by atoms with Crippen LogP contribution in [0.4, 0.5) is 0 Å². The molecule has 4 aromatic carbocycles. The molecule has 0 N–H and O–H groups in total. The molecule has 4 aliphatic rings. The van der Waals surface area contributed by atoms with Gasteiger partial charge in [0.15, 0.2) is 0 Å². The molecule has 0 fully saturated rings. The van der Waals surface area contributed by atoms with Gasteiger partial charge in [-0.05, 0) is 0 Å². The normalized spacial score (nSPS) is 19.1. The fourth-order valence-electron chi connectivity index (χ4n) is 9.10. The van der Waals surface area contributed by atoms with E-state index in [1.54, 1.807) is 45.0 Å². The van der Waals surface area contributed by atoms with Crippen LogP contribution in [0.25, 0.3) is 45.4 Å². The van der Waals surface area contributed by atoms with Crippen molar-refractivity contribution in [3.05, 3.63) is 142 Å². The van der Waals surface area contributed by atoms with Crippen LogP contribution in [-0.4, -0.2) is 9.13 Å². The number of nitrogens with zero attached hydrogens (tertiary/aromatic N) is 2. The Bertz CT molecular complexity index is 2080. The van der Waals surface area contributed by atoms with Crippen LogP contribution in [0, 0.1) is 0 Å². The second kappa shape index (κ2) is 12.4. The number of halogens is 2. The molecule has 47 heavy (non-hydrogen) atoms. The van der Waals surface area contributed by atoms with Crippen LogP contribution in [0.5, 0.6) is 0 Å². The van der Waals surface area contributed by atoms with Gasteiger partial charge in [0.1, 0.15) is 0 Å². The van der Waals surface area contributed by atoms with E-state index in [9.17, 15) is 0 Å². The van der Waals surface area contributed by atoms with Crippen molar-refractivity contribution in [2.75, 3.05) is 0 Å². The minimum atomic E-state index is -1.16. The van der Waals surface area contributed by atoms with Crippen molar-refractivity contribution in [1.29, 1.82) is 0 Å². The third-order valence-corrected chi connectivity index (χ3v) is 15.6. The maximum Gasteiger partial charge on any atom is -1.00 e. The molecule has 0 radical (unpaired) electrons. The van der Waals surface area contributed by atoms with Crippen molar-refractivity contribution in [3.8, 4) is 0 Å². The molecule has 0 saturated heterocycles. The summed E-state index contributed by atoms with van der Waals surface area (Å²) in [6, 6.07) is 37.1. The number of benzene rings is 4. The van der Waals surface area contributed by atoms with E-state index in [1.807, 2.05) is 0 Å². The summed E-state index contributed by atoms with van der Waals surface area (Å²) in [7, 11) is 0. The number of fused-ring (bicyclic) bond motifs is 8. The first-order chi connectivity index (χ1) is 22.3. The van der Waals surface area contributed by atoms with Crippen molar-refractivity contribution < 1.29 is 48.0 Å². The fraction of sp³-hybridized carbons (Fsp3) is 0.238. The van der Waals surface area contributed by atoms with Gasteiger partial charge in [-0.1, -0.05) is 0 Å². The average molecular weight is 731 g/mol. The molecule has 2 aromatic heterocycles. The fourth-order valence-corrected chi connectivity index (χ4v) is 14.0. The van der Waals surface area contributed by atoms with Crippen molar-refractivity contribution in [1.82, 2.24) is 9.13 Å². The Morgan fingerprint density at radius 3 is 1.36 bits per heavy atom. The maximum atomic E-state index is 2.74. The molecule has 0 spiro atoms. The zero-order chi connectivity index (χ0) is 29.5. The Hall–Kier alpha value is -3.10. The second-order valence-corrected chi connectivity index (χ2v) is 17.1. The number of aromatic nitrogens is 2. The van der Waals surface area contributed by atoms with Crippen LogP contribution in [-0.2, 0) is 48.9 Å². The number of para-hydroxylation sites is 2. The summed E-state index contributed by atoms with van der Waals surface area (Å²) in [5.41, 5.74) is 18.3. The van der Waals surface area contributed by atoms with Gasteiger partial charge in [-0.3, -0.25) is 0 Å². The van der Waals surface area contributed by atoms with Crippen molar-refractivity contribution in [3.63, 3.8) is 0 Å². The Balaban J connectivity index is 0.00000162. The van der Waals surface area contributed by atoms with E-state index in [0.29, 0.717) is 7.25 Å². The molecule has 0 amide bonds. The molecule has 232 valence electrons. The van der Waals surface area contributed by atoms with Gasteiger partial charge >= 0.3 is 278 Å². The van der Waals surface area contributed by atoms with E-state index >= 15 is 0 Å². The summed E-state index contributed by atoms with van der Waals surface area (Å²) < 4.78 is 6.46. The molecule has 6 aromatic rings. The van der Waals surface area contributed by atoms with E-state index in [0.717, 1.165) is 0 Å². The molecule has 10 rings (SSSR count). The summed E-state index contributed by atoms with van der Waals surface area (Å²) in [6.45, 7) is 0. The van der Waals surface area contributed by atoms with Crippen LogP contribution < -0.4 is 24.8 Å². The first-order valence-electron chi connectivity index (χ1n) is 17.0. The van der Waals surface area contributed by atoms with Crippen LogP contribution >= 0.6 is 0 Å². The number of rotatable bonds is 4. The van der Waals surface area contributed by atoms with E-state index in [-0.39, 0.29) is 24.8 Å². The van der Waals surface area contributed by atoms with Crippen molar-refractivity contribution in [2.24, 2.45) is 0 Å². The van der Waals surface area contributed by atoms with E-state index in [4.69, 9.17) is 0 Å². The second-order valence-electron chi connectivity index (χ2n) is 13.4. The molecule has 2 atom stereocenters. The van der Waals surface area contributed by atoms with Gasteiger partial charge in [-0.15, -0.1) is 0 Å². The topological polar surface area (TPSA) is 9.86 Å². The Morgan fingerprint density at radius 2 is 0.872 bits per heavy atom. The smallest absolute Gasteiger partial charge is 1.00 e. The third-order valence-electron chi connectivity index (χ3n) is 11.0. The maximum absolute atomic E-state index is 2.74. The zero-order valence-corrected chi connectivity index (χ0v) is 30.3. The molecule has 5 heteroatoms. The summed E-state index contributed by atoms with van der Waals surface area (Å²) in [4.78, 5) is 0. The SMILES string of the molecule is C1=C(n2c3c(c4ccccc42)CCCC3)[CH]([Zr+2][CH]2C(n3c4c(c5ccccc53)CCCC4)=Cc3ccccc32)c2ccccc21.[Cl-].[Cl-]. The molecule has 2 heterocycles. The molecule has 2 nitrogen and oxygen atoms in total. The number of allylic oxidation sites excluding steroid dienone is 2. The molecule has 4 aliphatic carbocycles. The van der Waals surface area contributed by atoms with Gasteiger partial charge in [0.2, 0.25) is 0 Å². The quantitative estimate of drug-likeness (QED) is 0.257. The van der Waals surface area contributed by atoms with Gasteiger partial charge in [-0.2, -0.15) is 0 Å². The summed E-state index contributed by atoms with van der Waals surface area (Å²) in [5.74, 6) is 0. The Labute approximate surface area is 301 Å². The summed E-state index contributed by atoms with van der Waals surface area (Å²) >= 11 is -1.16. The van der Waals surface area contributed by atoms with Gasteiger partial charge in [0, 0.05) is 0 Å². The van der Waals surface area contributed by atoms with E-state index < -0.39 is 23.2 Å². The molecule has 0 aliphatic heterocycles. The van der Waals surface area contributed by atoms with Crippen molar-refractivity contribution >= 4 is 45.4 Å². The van der Waals surface area contributed by atoms with E-state index in [1.165, 1.54) is 84.3 Å². The van der Waals surface area contributed by atoms with Gasteiger partial charge in [0.25, 0.3) is 0 Å². The predicted octanol–water partition coefficient (Wildman–Crippen LogP) is 4.25. The van der Waals surface area contributed by atoms with Gasteiger partial charge in [-0.25, -0.2) is 0 Å². The number of hydrogen-bond donors (Lipinski definition) is 0. The summed E-state index contributed by atoms with van der Waals surface area (Å²) in [6.07, 6.45) is 15.1. The largest absolute Gasteiger partial charge is 1.00 e. The van der Waals surface area contributed by atoms with Crippen LogP contribution in [0.1, 0.15) is 77.7 Å². The first kappa shape index (κ1) is 31.2. The molecule has 2 unspecified atom stereocenters. The number of aryl methyl sites for hydroxylation is 2. The number of hydrogen-bond acceptors (Lipinski definition) is 0. The predicted molar refractivity (Wildman–Crippen MR) is 184 cm³/mol. The summed E-state index contributed by atoms with van der Waals surface area (Å²) in [5, 5.41) is 2.95. The minimum absolute atomic E-state index is 0. The van der Waals surface area contributed by atoms with Gasteiger partial charge < -0.3 is 24.8 Å². The Kier molecular flexibility index (Phi) is 8.24. The van der Waals surface area contributed by atoms with Crippen LogP contribution in [0.15, 0.2) is 97.1 Å². The van der Waals surface area contributed by atoms with Crippen LogP contribution in [0.3, 0.4) is 0 Å². The zero-order valence-electron chi connectivity index (χ0n) is 26.4. The Morgan fingerprint density at radius 1 is 0.468 bits per heavy atom. The third kappa shape index (κ3) is 4.75. The average Bonchev–Trinajstić information content (AvgIpc) is 3.83. The van der Waals surface area contributed by atoms with E-state index in [2.05, 4.69) is 118 Å².